The van der Waals surface area contributed by atoms with Gasteiger partial charge in [0.2, 0.25) is 0 Å². The summed E-state index contributed by atoms with van der Waals surface area (Å²) in [6.07, 6.45) is 0.858. The first kappa shape index (κ1) is 13.6. The van der Waals surface area contributed by atoms with Crippen LogP contribution in [0.3, 0.4) is 0 Å². The van der Waals surface area contributed by atoms with Crippen molar-refractivity contribution in [2.75, 3.05) is 0 Å². The molecule has 0 radical (unpaired) electrons. The summed E-state index contributed by atoms with van der Waals surface area (Å²) < 4.78 is 0.821. The van der Waals surface area contributed by atoms with Crippen LogP contribution in [-0.2, 0) is 6.42 Å². The Morgan fingerprint density at radius 1 is 1.22 bits per heavy atom. The summed E-state index contributed by atoms with van der Waals surface area (Å²) in [5, 5.41) is 0. The van der Waals surface area contributed by atoms with E-state index in [9.17, 15) is 0 Å². The summed E-state index contributed by atoms with van der Waals surface area (Å²) in [7, 11) is 0. The number of nitrogens with two attached hydrogens (primary N) is 1. The molecule has 18 heavy (non-hydrogen) atoms. The van der Waals surface area contributed by atoms with E-state index >= 15 is 0 Å². The van der Waals surface area contributed by atoms with E-state index in [0.717, 1.165) is 10.8 Å². The minimum Gasteiger partial charge on any atom is -0.271 e. The van der Waals surface area contributed by atoms with Crippen LogP contribution in [0.5, 0.6) is 0 Å². The Morgan fingerprint density at radius 2 is 1.89 bits per heavy atom. The van der Waals surface area contributed by atoms with Crippen molar-refractivity contribution in [3.63, 3.8) is 0 Å². The smallest absolute Gasteiger partial charge is 0.0931 e. The Labute approximate surface area is 117 Å². The zero-order valence-corrected chi connectivity index (χ0v) is 12.1. The Bertz CT molecular complexity index is 516. The summed E-state index contributed by atoms with van der Waals surface area (Å²) >= 11 is 7.55. The largest absolute Gasteiger partial charge is 0.271 e. The van der Waals surface area contributed by atoms with Crippen LogP contribution in [0, 0.1) is 13.8 Å². The van der Waals surface area contributed by atoms with Crippen molar-refractivity contribution < 1.29 is 0 Å². The first-order chi connectivity index (χ1) is 8.58. The number of benzene rings is 1. The van der Waals surface area contributed by atoms with Crippen molar-refractivity contribution in [1.29, 1.82) is 0 Å². The van der Waals surface area contributed by atoms with E-state index in [2.05, 4.69) is 43.5 Å². The molecule has 2 nitrogen and oxygen atoms in total. The molecule has 0 amide bonds. The number of hydrogen-bond donors (Lipinski definition) is 2. The first-order valence-corrected chi connectivity index (χ1v) is 7.06. The average molecular weight is 281 g/mol. The highest BCUT2D eigenvalue weighted by molar-refractivity contribution is 7.16. The van der Waals surface area contributed by atoms with Crippen LogP contribution in [0.15, 0.2) is 30.3 Å². The maximum atomic E-state index is 5.95. The normalized spacial score (nSPS) is 12.7. The summed E-state index contributed by atoms with van der Waals surface area (Å²) in [4.78, 5) is 1.24. The van der Waals surface area contributed by atoms with Crippen molar-refractivity contribution in [3.05, 3.63) is 56.2 Å². The molecule has 96 valence electrons. The van der Waals surface area contributed by atoms with Crippen LogP contribution >= 0.6 is 22.9 Å². The highest BCUT2D eigenvalue weighted by Gasteiger charge is 2.12. The lowest BCUT2D eigenvalue weighted by Gasteiger charge is -2.17. The van der Waals surface area contributed by atoms with E-state index in [1.54, 1.807) is 11.3 Å². The minimum atomic E-state index is 0.123. The van der Waals surface area contributed by atoms with Crippen molar-refractivity contribution in [2.45, 2.75) is 26.3 Å². The van der Waals surface area contributed by atoms with Gasteiger partial charge in [-0.2, -0.15) is 0 Å². The molecular formula is C14H17ClN2S. The molecule has 0 aliphatic heterocycles. The van der Waals surface area contributed by atoms with Crippen molar-refractivity contribution in [1.82, 2.24) is 5.43 Å². The zero-order valence-electron chi connectivity index (χ0n) is 10.5. The van der Waals surface area contributed by atoms with Gasteiger partial charge in [-0.1, -0.05) is 40.9 Å². The van der Waals surface area contributed by atoms with Crippen LogP contribution in [0.25, 0.3) is 0 Å². The second kappa shape index (κ2) is 5.85. The average Bonchev–Trinajstić information content (AvgIpc) is 2.70. The molecule has 0 saturated heterocycles. The van der Waals surface area contributed by atoms with E-state index in [0.29, 0.717) is 0 Å². The number of thiophene rings is 1. The van der Waals surface area contributed by atoms with Gasteiger partial charge in [0.15, 0.2) is 0 Å². The van der Waals surface area contributed by atoms with E-state index in [1.807, 2.05) is 6.07 Å². The molecule has 0 aliphatic carbocycles. The van der Waals surface area contributed by atoms with E-state index in [1.165, 1.54) is 21.6 Å². The molecule has 3 N–H and O–H groups in total. The number of halogens is 1. The third-order valence-corrected chi connectivity index (χ3v) is 4.14. The van der Waals surface area contributed by atoms with Crippen LogP contribution in [0.2, 0.25) is 4.34 Å². The third kappa shape index (κ3) is 3.33. The maximum Gasteiger partial charge on any atom is 0.0931 e. The molecule has 2 aromatic rings. The molecule has 0 fully saturated rings. The van der Waals surface area contributed by atoms with Gasteiger partial charge in [-0.3, -0.25) is 11.3 Å². The highest BCUT2D eigenvalue weighted by atomic mass is 35.5. The van der Waals surface area contributed by atoms with Crippen LogP contribution in [0.1, 0.15) is 27.6 Å². The Kier molecular flexibility index (Phi) is 4.40. The van der Waals surface area contributed by atoms with Crippen molar-refractivity contribution >= 4 is 22.9 Å². The van der Waals surface area contributed by atoms with Gasteiger partial charge in [0.25, 0.3) is 0 Å². The quantitative estimate of drug-likeness (QED) is 0.661. The van der Waals surface area contributed by atoms with Crippen LogP contribution in [0.4, 0.5) is 0 Å². The molecule has 0 saturated carbocycles. The Morgan fingerprint density at radius 3 is 2.39 bits per heavy atom. The van der Waals surface area contributed by atoms with E-state index in [-0.39, 0.29) is 6.04 Å². The van der Waals surface area contributed by atoms with Gasteiger partial charge in [0.1, 0.15) is 0 Å². The molecule has 1 aromatic carbocycles. The maximum absolute atomic E-state index is 5.95. The van der Waals surface area contributed by atoms with E-state index < -0.39 is 0 Å². The molecule has 1 heterocycles. The monoisotopic (exact) mass is 280 g/mol. The minimum absolute atomic E-state index is 0.123. The van der Waals surface area contributed by atoms with Crippen LogP contribution < -0.4 is 11.3 Å². The van der Waals surface area contributed by atoms with Crippen molar-refractivity contribution in [3.8, 4) is 0 Å². The number of rotatable bonds is 4. The van der Waals surface area contributed by atoms with Gasteiger partial charge < -0.3 is 0 Å². The first-order valence-electron chi connectivity index (χ1n) is 5.87. The summed E-state index contributed by atoms with van der Waals surface area (Å²) in [5.41, 5.74) is 6.63. The zero-order chi connectivity index (χ0) is 13.1. The Balaban J connectivity index is 2.22. The number of aryl methyl sites for hydroxylation is 2. The standard InChI is InChI=1S/C14H17ClN2S/c1-9-5-10(2)7-11(6-9)13(17-16)8-12-3-4-14(15)18-12/h3-7,13,17H,8,16H2,1-2H3. The molecule has 0 aliphatic rings. The highest BCUT2D eigenvalue weighted by Crippen LogP contribution is 2.27. The van der Waals surface area contributed by atoms with E-state index in [4.69, 9.17) is 17.4 Å². The van der Waals surface area contributed by atoms with Gasteiger partial charge in [0.05, 0.1) is 10.4 Å². The van der Waals surface area contributed by atoms with Gasteiger partial charge >= 0.3 is 0 Å². The molecule has 0 spiro atoms. The summed E-state index contributed by atoms with van der Waals surface area (Å²) in [6, 6.07) is 10.6. The van der Waals surface area contributed by atoms with Gasteiger partial charge in [-0.15, -0.1) is 11.3 Å². The number of nitrogens with one attached hydrogen (secondary N) is 1. The predicted molar refractivity (Wildman–Crippen MR) is 79.0 cm³/mol. The molecule has 1 unspecified atom stereocenters. The molecule has 2 rings (SSSR count). The molecule has 0 bridgehead atoms. The second-order valence-electron chi connectivity index (χ2n) is 4.55. The fraction of sp³-hybridized carbons (Fsp3) is 0.286. The SMILES string of the molecule is Cc1cc(C)cc(C(Cc2ccc(Cl)s2)NN)c1. The fourth-order valence-corrected chi connectivity index (χ4v) is 3.28. The molecule has 1 atom stereocenters. The molecule has 1 aromatic heterocycles. The lowest BCUT2D eigenvalue weighted by Crippen LogP contribution is -2.29. The summed E-state index contributed by atoms with van der Waals surface area (Å²) in [5.74, 6) is 5.68. The van der Waals surface area contributed by atoms with Crippen LogP contribution in [-0.4, -0.2) is 0 Å². The lowest BCUT2D eigenvalue weighted by atomic mass is 9.99. The second-order valence-corrected chi connectivity index (χ2v) is 6.35. The predicted octanol–water partition coefficient (Wildman–Crippen LogP) is 3.77. The summed E-state index contributed by atoms with van der Waals surface area (Å²) in [6.45, 7) is 4.21. The van der Waals surface area contributed by atoms with Gasteiger partial charge in [0, 0.05) is 11.3 Å². The molecular weight excluding hydrogens is 264 g/mol. The van der Waals surface area contributed by atoms with Crippen molar-refractivity contribution in [2.24, 2.45) is 5.84 Å². The Hall–Kier alpha value is -0.870. The van der Waals surface area contributed by atoms with Gasteiger partial charge in [-0.05, 0) is 31.5 Å². The molecule has 4 heteroatoms. The topological polar surface area (TPSA) is 38.0 Å². The number of hydrogen-bond acceptors (Lipinski definition) is 3. The lowest BCUT2D eigenvalue weighted by molar-refractivity contribution is 0.555. The third-order valence-electron chi connectivity index (χ3n) is 2.88. The van der Waals surface area contributed by atoms with Gasteiger partial charge in [-0.25, -0.2) is 0 Å². The number of hydrazine groups is 1. The fourth-order valence-electron chi connectivity index (χ4n) is 2.15.